The summed E-state index contributed by atoms with van der Waals surface area (Å²) in [6.07, 6.45) is -0.261. The van der Waals surface area contributed by atoms with Gasteiger partial charge in [0.05, 0.1) is 19.5 Å². The summed E-state index contributed by atoms with van der Waals surface area (Å²) >= 11 is 0. The standard InChI is InChI=1S/C7H13F2NO2/c1-2-10-4-3-7(11,12)6(8,9)5-10/h11-12H,2-5H2,1H3/p+1. The molecule has 0 aromatic rings. The number of hydrogen-bond donors (Lipinski definition) is 3. The molecule has 0 aromatic heterocycles. The Bertz CT molecular complexity index is 173. The fraction of sp³-hybridized carbons (Fsp3) is 1.00. The first-order chi connectivity index (χ1) is 5.39. The quantitative estimate of drug-likeness (QED) is 0.437. The van der Waals surface area contributed by atoms with E-state index in [1.165, 1.54) is 0 Å². The van der Waals surface area contributed by atoms with E-state index in [0.717, 1.165) is 0 Å². The number of aliphatic hydroxyl groups is 2. The largest absolute Gasteiger partial charge is 0.361 e. The van der Waals surface area contributed by atoms with Gasteiger partial charge in [-0.1, -0.05) is 0 Å². The van der Waals surface area contributed by atoms with Crippen molar-refractivity contribution >= 4 is 0 Å². The lowest BCUT2D eigenvalue weighted by molar-refractivity contribution is -0.917. The Labute approximate surface area is 69.6 Å². The number of halogens is 2. The average Bonchev–Trinajstić information content (AvgIpc) is 1.95. The minimum atomic E-state index is -3.38. The lowest BCUT2D eigenvalue weighted by Gasteiger charge is -2.37. The Balaban J connectivity index is 2.68. The van der Waals surface area contributed by atoms with Crippen LogP contribution in [0.1, 0.15) is 13.3 Å². The van der Waals surface area contributed by atoms with Crippen LogP contribution in [0.5, 0.6) is 0 Å². The highest BCUT2D eigenvalue weighted by Gasteiger charge is 2.57. The molecule has 0 aromatic carbocycles. The van der Waals surface area contributed by atoms with Gasteiger partial charge >= 0.3 is 5.92 Å². The third-order valence-corrected chi connectivity index (χ3v) is 2.38. The molecule has 3 nitrogen and oxygen atoms in total. The Kier molecular flexibility index (Phi) is 2.38. The summed E-state index contributed by atoms with van der Waals surface area (Å²) < 4.78 is 25.8. The molecule has 1 atom stereocenters. The fourth-order valence-corrected chi connectivity index (χ4v) is 1.38. The number of nitrogens with one attached hydrogen (secondary N) is 1. The molecule has 1 rings (SSSR count). The molecule has 12 heavy (non-hydrogen) atoms. The van der Waals surface area contributed by atoms with Crippen LogP contribution in [0.15, 0.2) is 0 Å². The van der Waals surface area contributed by atoms with Crippen molar-refractivity contribution in [1.82, 2.24) is 0 Å². The van der Waals surface area contributed by atoms with Gasteiger partial charge in [-0.2, -0.15) is 8.78 Å². The molecular weight excluding hydrogens is 168 g/mol. The van der Waals surface area contributed by atoms with E-state index in [9.17, 15) is 8.78 Å². The number of likely N-dealkylation sites (tertiary alicyclic amines) is 1. The first-order valence-electron chi connectivity index (χ1n) is 4.05. The molecule has 0 bridgehead atoms. The van der Waals surface area contributed by atoms with E-state index in [1.54, 1.807) is 6.92 Å². The lowest BCUT2D eigenvalue weighted by Crippen LogP contribution is -3.15. The van der Waals surface area contributed by atoms with E-state index in [0.29, 0.717) is 18.0 Å². The minimum Gasteiger partial charge on any atom is -0.361 e. The molecule has 1 heterocycles. The molecule has 1 saturated heterocycles. The average molecular weight is 182 g/mol. The Hall–Kier alpha value is -0.260. The van der Waals surface area contributed by atoms with Crippen molar-refractivity contribution in [1.29, 1.82) is 0 Å². The molecule has 1 fully saturated rings. The Morgan fingerprint density at radius 2 is 2.00 bits per heavy atom. The Morgan fingerprint density at radius 3 is 2.42 bits per heavy atom. The maximum Gasteiger partial charge on any atom is 0.347 e. The van der Waals surface area contributed by atoms with E-state index in [-0.39, 0.29) is 6.42 Å². The van der Waals surface area contributed by atoms with E-state index in [4.69, 9.17) is 10.2 Å². The molecule has 1 aliphatic heterocycles. The van der Waals surface area contributed by atoms with Crippen LogP contribution in [0.3, 0.4) is 0 Å². The van der Waals surface area contributed by atoms with Gasteiger partial charge in [0, 0.05) is 0 Å². The molecule has 0 spiro atoms. The summed E-state index contributed by atoms with van der Waals surface area (Å²) in [5.74, 6) is -6.18. The SMILES string of the molecule is CC[NH+]1CCC(O)(O)C(F)(F)C1. The summed E-state index contributed by atoms with van der Waals surface area (Å²) in [6.45, 7) is 2.29. The maximum atomic E-state index is 12.9. The minimum absolute atomic E-state index is 0.261. The van der Waals surface area contributed by atoms with Crippen LogP contribution in [-0.4, -0.2) is 41.6 Å². The molecule has 0 radical (unpaired) electrons. The smallest absolute Gasteiger partial charge is 0.347 e. The van der Waals surface area contributed by atoms with Crippen molar-refractivity contribution in [2.24, 2.45) is 0 Å². The molecule has 0 aliphatic carbocycles. The summed E-state index contributed by atoms with van der Waals surface area (Å²) in [5, 5.41) is 17.8. The number of alkyl halides is 2. The highest BCUT2D eigenvalue weighted by atomic mass is 19.3. The molecule has 5 heteroatoms. The van der Waals surface area contributed by atoms with Crippen LogP contribution < -0.4 is 4.90 Å². The molecule has 0 saturated carbocycles. The van der Waals surface area contributed by atoms with Gasteiger partial charge in [0.1, 0.15) is 6.54 Å². The second-order valence-electron chi connectivity index (χ2n) is 3.30. The van der Waals surface area contributed by atoms with Crippen molar-refractivity contribution in [2.75, 3.05) is 19.6 Å². The van der Waals surface area contributed by atoms with Crippen molar-refractivity contribution in [2.45, 2.75) is 25.1 Å². The molecule has 0 amide bonds. The molecule has 1 unspecified atom stereocenters. The highest BCUT2D eigenvalue weighted by Crippen LogP contribution is 2.29. The van der Waals surface area contributed by atoms with Gasteiger partial charge < -0.3 is 15.1 Å². The van der Waals surface area contributed by atoms with Crippen LogP contribution in [-0.2, 0) is 0 Å². The summed E-state index contributed by atoms with van der Waals surface area (Å²) in [5.41, 5.74) is 0. The topological polar surface area (TPSA) is 44.9 Å². The monoisotopic (exact) mass is 182 g/mol. The van der Waals surface area contributed by atoms with Crippen molar-refractivity contribution in [3.05, 3.63) is 0 Å². The van der Waals surface area contributed by atoms with Crippen LogP contribution >= 0.6 is 0 Å². The summed E-state index contributed by atoms with van der Waals surface area (Å²) in [4.78, 5) is 0.707. The summed E-state index contributed by atoms with van der Waals surface area (Å²) in [6, 6.07) is 0. The molecular formula is C7H14F2NO2+. The second-order valence-corrected chi connectivity index (χ2v) is 3.30. The van der Waals surface area contributed by atoms with Crippen LogP contribution in [0.2, 0.25) is 0 Å². The first-order valence-corrected chi connectivity index (χ1v) is 4.05. The van der Waals surface area contributed by atoms with Crippen molar-refractivity contribution in [3.63, 3.8) is 0 Å². The van der Waals surface area contributed by atoms with E-state index < -0.39 is 18.3 Å². The molecule has 3 N–H and O–H groups in total. The van der Waals surface area contributed by atoms with E-state index >= 15 is 0 Å². The zero-order chi connectivity index (χ0) is 9.41. The highest BCUT2D eigenvalue weighted by molar-refractivity contribution is 4.85. The van der Waals surface area contributed by atoms with Crippen LogP contribution in [0.25, 0.3) is 0 Å². The van der Waals surface area contributed by atoms with Crippen LogP contribution in [0, 0.1) is 0 Å². The normalized spacial score (nSPS) is 33.2. The third kappa shape index (κ3) is 1.57. The number of rotatable bonds is 1. The second kappa shape index (κ2) is 2.90. The summed E-state index contributed by atoms with van der Waals surface area (Å²) in [7, 11) is 0. The van der Waals surface area contributed by atoms with Crippen LogP contribution in [0.4, 0.5) is 8.78 Å². The van der Waals surface area contributed by atoms with Crippen molar-refractivity contribution < 1.29 is 23.9 Å². The van der Waals surface area contributed by atoms with Crippen molar-refractivity contribution in [3.8, 4) is 0 Å². The van der Waals surface area contributed by atoms with Gasteiger partial charge in [0.25, 0.3) is 0 Å². The Morgan fingerprint density at radius 1 is 1.42 bits per heavy atom. The predicted molar refractivity (Wildman–Crippen MR) is 38.0 cm³/mol. The van der Waals surface area contributed by atoms with E-state index in [2.05, 4.69) is 0 Å². The molecule has 72 valence electrons. The first kappa shape index (κ1) is 9.83. The fourth-order valence-electron chi connectivity index (χ4n) is 1.38. The zero-order valence-electron chi connectivity index (χ0n) is 6.98. The van der Waals surface area contributed by atoms with Gasteiger partial charge in [0.15, 0.2) is 0 Å². The van der Waals surface area contributed by atoms with Gasteiger partial charge in [-0.3, -0.25) is 0 Å². The number of quaternary nitrogens is 1. The third-order valence-electron chi connectivity index (χ3n) is 2.38. The van der Waals surface area contributed by atoms with E-state index in [1.807, 2.05) is 0 Å². The van der Waals surface area contributed by atoms with Gasteiger partial charge in [0.2, 0.25) is 5.79 Å². The molecule has 1 aliphatic rings. The maximum absolute atomic E-state index is 12.9. The van der Waals surface area contributed by atoms with Gasteiger partial charge in [-0.25, -0.2) is 0 Å². The number of hydrogen-bond acceptors (Lipinski definition) is 2. The van der Waals surface area contributed by atoms with Gasteiger partial charge in [-0.15, -0.1) is 0 Å². The zero-order valence-corrected chi connectivity index (χ0v) is 6.98. The predicted octanol–water partition coefficient (Wildman–Crippen LogP) is -1.39. The number of piperidine rings is 1. The lowest BCUT2D eigenvalue weighted by atomic mass is 10.00. The van der Waals surface area contributed by atoms with Gasteiger partial charge in [-0.05, 0) is 6.92 Å².